The van der Waals surface area contributed by atoms with Gasteiger partial charge in [0.15, 0.2) is 0 Å². The molecule has 0 saturated heterocycles. The van der Waals surface area contributed by atoms with Gasteiger partial charge in [-0.05, 0) is 98.9 Å². The molecule has 5 nitrogen and oxygen atoms in total. The third kappa shape index (κ3) is 5.29. The number of benzene rings is 8. The van der Waals surface area contributed by atoms with E-state index in [1.807, 2.05) is 12.4 Å². The molecule has 5 aromatic heterocycles. The first-order valence-corrected chi connectivity index (χ1v) is 21.3. The summed E-state index contributed by atoms with van der Waals surface area (Å²) in [6.07, 6.45) is 3.73. The number of rotatable bonds is 5. The van der Waals surface area contributed by atoms with E-state index in [1.54, 1.807) is 11.3 Å². The molecule has 0 aliphatic heterocycles. The number of aromatic nitrogens is 5. The topological polar surface area (TPSA) is 48.5 Å². The van der Waals surface area contributed by atoms with Crippen LogP contribution < -0.4 is 0 Å². The summed E-state index contributed by atoms with van der Waals surface area (Å²) >= 11 is 1.75. The summed E-state index contributed by atoms with van der Waals surface area (Å²) in [5, 5.41) is 9.63. The Hall–Kier alpha value is -7.93. The smallest absolute Gasteiger partial charge is 0.235 e. The maximum atomic E-state index is 5.45. The fraction of sp³-hybridized carbons (Fsp3) is 0. The van der Waals surface area contributed by atoms with Gasteiger partial charge in [0.25, 0.3) is 0 Å². The van der Waals surface area contributed by atoms with E-state index in [0.29, 0.717) is 5.95 Å². The summed E-state index contributed by atoms with van der Waals surface area (Å²) in [5.74, 6) is 0.656. The van der Waals surface area contributed by atoms with Crippen molar-refractivity contribution in [3.63, 3.8) is 0 Å². The summed E-state index contributed by atoms with van der Waals surface area (Å²) in [4.78, 5) is 16.3. The molecule has 6 heteroatoms. The van der Waals surface area contributed by atoms with Crippen LogP contribution in [0.4, 0.5) is 0 Å². The Bertz CT molecular complexity index is 3860. The summed E-state index contributed by atoms with van der Waals surface area (Å²) in [6.45, 7) is 0. The zero-order valence-electron chi connectivity index (χ0n) is 32.7. The number of nitrogens with zero attached hydrogens (tertiary/aromatic N) is 5. The summed E-state index contributed by atoms with van der Waals surface area (Å²) in [7, 11) is 0. The number of hydrogen-bond acceptors (Lipinski definition) is 4. The van der Waals surface area contributed by atoms with Crippen LogP contribution in [0.2, 0.25) is 0 Å². The minimum absolute atomic E-state index is 0.656. The van der Waals surface area contributed by atoms with Crippen molar-refractivity contribution in [1.82, 2.24) is 24.1 Å². The van der Waals surface area contributed by atoms with Gasteiger partial charge in [0.05, 0.1) is 38.0 Å². The molecule has 0 radical (unpaired) electrons. The molecule has 61 heavy (non-hydrogen) atoms. The maximum Gasteiger partial charge on any atom is 0.235 e. The Balaban J connectivity index is 1.06. The molecule has 0 N–H and O–H groups in total. The van der Waals surface area contributed by atoms with Gasteiger partial charge >= 0.3 is 0 Å². The van der Waals surface area contributed by atoms with Gasteiger partial charge in [0.1, 0.15) is 0 Å². The van der Waals surface area contributed by atoms with Gasteiger partial charge in [-0.25, -0.2) is 9.97 Å². The Morgan fingerprint density at radius 1 is 0.393 bits per heavy atom. The van der Waals surface area contributed by atoms with Crippen LogP contribution in [-0.2, 0) is 0 Å². The van der Waals surface area contributed by atoms with Crippen LogP contribution in [0, 0.1) is 0 Å². The van der Waals surface area contributed by atoms with Gasteiger partial charge in [-0.1, -0.05) is 127 Å². The van der Waals surface area contributed by atoms with E-state index in [0.717, 1.165) is 65.6 Å². The van der Waals surface area contributed by atoms with Gasteiger partial charge in [-0.2, -0.15) is 0 Å². The molecule has 284 valence electrons. The van der Waals surface area contributed by atoms with Gasteiger partial charge in [-0.15, -0.1) is 11.3 Å². The van der Waals surface area contributed by atoms with E-state index < -0.39 is 0 Å². The van der Waals surface area contributed by atoms with Gasteiger partial charge in [0.2, 0.25) is 5.95 Å². The fourth-order valence-corrected chi connectivity index (χ4v) is 10.5. The van der Waals surface area contributed by atoms with Crippen molar-refractivity contribution in [1.29, 1.82) is 0 Å². The van der Waals surface area contributed by atoms with E-state index in [4.69, 9.17) is 9.97 Å². The molecule has 0 atom stereocenters. The van der Waals surface area contributed by atoms with Crippen LogP contribution in [0.5, 0.6) is 0 Å². The molecule has 8 aromatic carbocycles. The van der Waals surface area contributed by atoms with E-state index in [-0.39, 0.29) is 0 Å². The van der Waals surface area contributed by atoms with Gasteiger partial charge < -0.3 is 4.57 Å². The van der Waals surface area contributed by atoms with Crippen LogP contribution in [-0.4, -0.2) is 24.1 Å². The number of pyridine rings is 1. The third-order valence-electron chi connectivity index (χ3n) is 12.2. The van der Waals surface area contributed by atoms with Crippen molar-refractivity contribution in [3.05, 3.63) is 200 Å². The minimum Gasteiger partial charge on any atom is -0.309 e. The SMILES string of the molecule is c1ccc(-c2cc3nc(-n4c5ccc(-c6ccc7c(c6)c6c8ccccc8ccc6n7-c6ccncc6)cc5c5cc6ccccc6cc54)nc(-c4ccccc4)c3s2)cc1. The molecule has 0 unspecified atom stereocenters. The van der Waals surface area contributed by atoms with Crippen molar-refractivity contribution in [3.8, 4) is 44.5 Å². The highest BCUT2D eigenvalue weighted by molar-refractivity contribution is 7.22. The second kappa shape index (κ2) is 13.3. The Morgan fingerprint density at radius 3 is 1.79 bits per heavy atom. The Labute approximate surface area is 354 Å². The van der Waals surface area contributed by atoms with Crippen molar-refractivity contribution in [2.75, 3.05) is 0 Å². The largest absolute Gasteiger partial charge is 0.309 e. The molecule has 0 aliphatic carbocycles. The molecule has 0 fully saturated rings. The van der Waals surface area contributed by atoms with Crippen LogP contribution in [0.3, 0.4) is 0 Å². The Morgan fingerprint density at radius 2 is 1.02 bits per heavy atom. The highest BCUT2D eigenvalue weighted by atomic mass is 32.1. The van der Waals surface area contributed by atoms with Crippen molar-refractivity contribution < 1.29 is 0 Å². The molecule has 0 amide bonds. The second-order valence-corrected chi connectivity index (χ2v) is 16.7. The normalized spacial score (nSPS) is 11.9. The third-order valence-corrected chi connectivity index (χ3v) is 13.4. The standard InChI is InChI=1S/C55H33N5S/c1-3-12-35(13-4-1)51-33-46-54(61-51)53(36-14-5-2-6-15-36)58-55(57-46)60-47-22-20-39(30-43(47)44-29-37-16-7-8-17-38(37)32-50(44)60)40-21-23-48-45(31-40)52-42-18-10-9-11-34(42)19-24-49(52)59(48)41-25-27-56-28-26-41/h1-33H. The lowest BCUT2D eigenvalue weighted by Crippen LogP contribution is -2.02. The highest BCUT2D eigenvalue weighted by Crippen LogP contribution is 2.43. The first-order chi connectivity index (χ1) is 30.2. The minimum atomic E-state index is 0.656. The number of thiophene rings is 1. The summed E-state index contributed by atoms with van der Waals surface area (Å²) < 4.78 is 5.71. The first-order valence-electron chi connectivity index (χ1n) is 20.5. The predicted molar refractivity (Wildman–Crippen MR) is 255 cm³/mol. The number of fused-ring (bicyclic) bond motifs is 10. The zero-order chi connectivity index (χ0) is 40.0. The first kappa shape index (κ1) is 34.0. The molecule has 0 aliphatic rings. The average Bonchev–Trinajstić information content (AvgIpc) is 4.01. The molecule has 5 heterocycles. The molecular weight excluding hydrogens is 763 g/mol. The molecule has 0 bridgehead atoms. The summed E-state index contributed by atoms with van der Waals surface area (Å²) in [5.41, 5.74) is 12.0. The molecule has 0 spiro atoms. The zero-order valence-corrected chi connectivity index (χ0v) is 33.5. The van der Waals surface area contributed by atoms with Gasteiger partial charge in [0, 0.05) is 50.1 Å². The van der Waals surface area contributed by atoms with Crippen LogP contribution in [0.25, 0.3) is 120 Å². The predicted octanol–water partition coefficient (Wildman–Crippen LogP) is 14.6. The van der Waals surface area contributed by atoms with Crippen LogP contribution >= 0.6 is 11.3 Å². The lowest BCUT2D eigenvalue weighted by molar-refractivity contribution is 1.02. The van der Waals surface area contributed by atoms with Crippen LogP contribution in [0.1, 0.15) is 0 Å². The molecule has 0 saturated carbocycles. The van der Waals surface area contributed by atoms with E-state index in [1.165, 1.54) is 48.3 Å². The Kier molecular flexibility index (Phi) is 7.41. The monoisotopic (exact) mass is 795 g/mol. The maximum absolute atomic E-state index is 5.45. The van der Waals surface area contributed by atoms with E-state index >= 15 is 0 Å². The lowest BCUT2D eigenvalue weighted by atomic mass is 9.98. The fourth-order valence-electron chi connectivity index (χ4n) is 9.40. The number of hydrogen-bond donors (Lipinski definition) is 0. The lowest BCUT2D eigenvalue weighted by Gasteiger charge is -2.10. The molecular formula is C55H33N5S. The van der Waals surface area contributed by atoms with Crippen LogP contribution in [0.15, 0.2) is 200 Å². The summed E-state index contributed by atoms with van der Waals surface area (Å²) in [6, 6.07) is 67.7. The van der Waals surface area contributed by atoms with E-state index in [9.17, 15) is 0 Å². The molecule has 13 rings (SSSR count). The van der Waals surface area contributed by atoms with Crippen molar-refractivity contribution >= 4 is 86.7 Å². The van der Waals surface area contributed by atoms with Gasteiger partial charge in [-0.3, -0.25) is 9.55 Å². The second-order valence-electron chi connectivity index (χ2n) is 15.7. The van der Waals surface area contributed by atoms with E-state index in [2.05, 4.69) is 202 Å². The average molecular weight is 796 g/mol. The molecule has 13 aromatic rings. The quantitative estimate of drug-likeness (QED) is 0.174. The highest BCUT2D eigenvalue weighted by Gasteiger charge is 2.21. The van der Waals surface area contributed by atoms with Crippen molar-refractivity contribution in [2.24, 2.45) is 0 Å². The van der Waals surface area contributed by atoms with Crippen molar-refractivity contribution in [2.45, 2.75) is 0 Å².